The highest BCUT2D eigenvalue weighted by atomic mass is 32.1. The van der Waals surface area contributed by atoms with Crippen LogP contribution in [0.4, 0.5) is 22.2 Å². The molecular weight excluding hydrogens is 326 g/mol. The predicted octanol–water partition coefficient (Wildman–Crippen LogP) is 2.67. The number of nitrogens with zero attached hydrogens (tertiary/aromatic N) is 1. The molecular formula is C16H15N5O2S. The molecule has 0 aliphatic rings. The number of anilines is 4. The third-order valence-electron chi connectivity index (χ3n) is 3.17. The molecule has 24 heavy (non-hydrogen) atoms. The van der Waals surface area contributed by atoms with E-state index in [0.717, 1.165) is 10.2 Å². The highest BCUT2D eigenvalue weighted by Crippen LogP contribution is 2.29. The van der Waals surface area contributed by atoms with Crippen molar-refractivity contribution in [3.05, 3.63) is 42.0 Å². The van der Waals surface area contributed by atoms with Gasteiger partial charge in [0.2, 0.25) is 5.91 Å². The second kappa shape index (κ2) is 6.17. The Kier molecular flexibility index (Phi) is 4.05. The number of amides is 2. The Morgan fingerprint density at radius 2 is 1.75 bits per heavy atom. The van der Waals surface area contributed by atoms with Gasteiger partial charge in [0.1, 0.15) is 0 Å². The molecule has 0 aliphatic carbocycles. The van der Waals surface area contributed by atoms with Crippen molar-refractivity contribution in [2.45, 2.75) is 6.92 Å². The van der Waals surface area contributed by atoms with Gasteiger partial charge in [0.25, 0.3) is 5.91 Å². The van der Waals surface area contributed by atoms with Gasteiger partial charge in [-0.25, -0.2) is 4.98 Å². The van der Waals surface area contributed by atoms with Crippen molar-refractivity contribution in [2.24, 2.45) is 0 Å². The zero-order valence-electron chi connectivity index (χ0n) is 12.8. The number of hydrogen-bond donors (Lipinski definition) is 4. The SMILES string of the molecule is CC(=O)Nc1ccc2nc(NC(=O)c3cc(N)cc(N)c3)sc2c1. The number of nitrogen functional groups attached to an aromatic ring is 2. The van der Waals surface area contributed by atoms with Crippen molar-refractivity contribution in [2.75, 3.05) is 22.1 Å². The number of aromatic nitrogens is 1. The van der Waals surface area contributed by atoms with Gasteiger partial charge in [-0.2, -0.15) is 0 Å². The first-order chi connectivity index (χ1) is 11.4. The van der Waals surface area contributed by atoms with Crippen molar-refractivity contribution in [3.63, 3.8) is 0 Å². The van der Waals surface area contributed by atoms with Crippen LogP contribution in [0.3, 0.4) is 0 Å². The van der Waals surface area contributed by atoms with Gasteiger partial charge < -0.3 is 16.8 Å². The average molecular weight is 341 g/mol. The molecule has 0 saturated heterocycles. The van der Waals surface area contributed by atoms with E-state index in [1.54, 1.807) is 30.3 Å². The van der Waals surface area contributed by atoms with Gasteiger partial charge in [0.15, 0.2) is 5.13 Å². The maximum Gasteiger partial charge on any atom is 0.257 e. The molecule has 1 aromatic heterocycles. The first-order valence-electron chi connectivity index (χ1n) is 7.06. The molecule has 3 rings (SSSR count). The fourth-order valence-electron chi connectivity index (χ4n) is 2.24. The van der Waals surface area contributed by atoms with E-state index in [2.05, 4.69) is 15.6 Å². The van der Waals surface area contributed by atoms with Gasteiger partial charge in [-0.05, 0) is 36.4 Å². The summed E-state index contributed by atoms with van der Waals surface area (Å²) in [5, 5.41) is 5.90. The molecule has 0 spiro atoms. The second-order valence-electron chi connectivity index (χ2n) is 5.23. The van der Waals surface area contributed by atoms with Crippen LogP contribution >= 0.6 is 11.3 Å². The molecule has 7 nitrogen and oxygen atoms in total. The van der Waals surface area contributed by atoms with Gasteiger partial charge in [-0.3, -0.25) is 14.9 Å². The highest BCUT2D eigenvalue weighted by molar-refractivity contribution is 7.22. The van der Waals surface area contributed by atoms with E-state index < -0.39 is 0 Å². The monoisotopic (exact) mass is 341 g/mol. The van der Waals surface area contributed by atoms with Crippen LogP contribution in [0.5, 0.6) is 0 Å². The summed E-state index contributed by atoms with van der Waals surface area (Å²) >= 11 is 1.31. The molecule has 0 saturated carbocycles. The molecule has 0 radical (unpaired) electrons. The zero-order valence-corrected chi connectivity index (χ0v) is 13.6. The van der Waals surface area contributed by atoms with E-state index in [1.165, 1.54) is 18.3 Å². The standard InChI is InChI=1S/C16H15N5O2S/c1-8(22)19-12-2-3-13-14(7-12)24-16(20-13)21-15(23)9-4-10(17)6-11(18)5-9/h2-7H,17-18H2,1H3,(H,19,22)(H,20,21,23). The van der Waals surface area contributed by atoms with Gasteiger partial charge >= 0.3 is 0 Å². The Labute approximate surface area is 141 Å². The number of carbonyl (C=O) groups is 2. The Bertz CT molecular complexity index is 931. The summed E-state index contributed by atoms with van der Waals surface area (Å²) in [7, 11) is 0. The minimum atomic E-state index is -0.338. The predicted molar refractivity (Wildman–Crippen MR) is 97.1 cm³/mol. The summed E-state index contributed by atoms with van der Waals surface area (Å²) in [4.78, 5) is 27.8. The minimum Gasteiger partial charge on any atom is -0.399 e. The lowest BCUT2D eigenvalue weighted by atomic mass is 10.1. The molecule has 6 N–H and O–H groups in total. The highest BCUT2D eigenvalue weighted by Gasteiger charge is 2.11. The summed E-state index contributed by atoms with van der Waals surface area (Å²) < 4.78 is 0.851. The molecule has 0 unspecified atom stereocenters. The van der Waals surface area contributed by atoms with E-state index in [4.69, 9.17) is 11.5 Å². The van der Waals surface area contributed by atoms with E-state index in [9.17, 15) is 9.59 Å². The third-order valence-corrected chi connectivity index (χ3v) is 4.10. The smallest absolute Gasteiger partial charge is 0.257 e. The molecule has 0 fully saturated rings. The van der Waals surface area contributed by atoms with E-state index in [1.807, 2.05) is 6.07 Å². The van der Waals surface area contributed by atoms with Crippen LogP contribution in [0.15, 0.2) is 36.4 Å². The third kappa shape index (κ3) is 3.44. The molecule has 0 bridgehead atoms. The van der Waals surface area contributed by atoms with E-state index in [0.29, 0.717) is 27.8 Å². The molecule has 122 valence electrons. The fourth-order valence-corrected chi connectivity index (χ4v) is 3.14. The lowest BCUT2D eigenvalue weighted by Gasteiger charge is -2.04. The molecule has 0 atom stereocenters. The number of fused-ring (bicyclic) bond motifs is 1. The topological polar surface area (TPSA) is 123 Å². The van der Waals surface area contributed by atoms with E-state index >= 15 is 0 Å². The van der Waals surface area contributed by atoms with Crippen molar-refractivity contribution in [1.82, 2.24) is 4.98 Å². The van der Waals surface area contributed by atoms with E-state index in [-0.39, 0.29) is 11.8 Å². The van der Waals surface area contributed by atoms with Crippen LogP contribution in [0.2, 0.25) is 0 Å². The Hall–Kier alpha value is -3.13. The number of benzene rings is 2. The van der Waals surface area contributed by atoms with Crippen LogP contribution in [0.1, 0.15) is 17.3 Å². The Morgan fingerprint density at radius 3 is 2.42 bits per heavy atom. The number of hydrogen-bond acceptors (Lipinski definition) is 6. The summed E-state index contributed by atoms with van der Waals surface area (Å²) in [6.45, 7) is 1.44. The molecule has 2 amide bonds. The maximum absolute atomic E-state index is 12.3. The molecule has 3 aromatic rings. The summed E-state index contributed by atoms with van der Waals surface area (Å²) in [6.07, 6.45) is 0. The van der Waals surface area contributed by atoms with Gasteiger partial charge in [0.05, 0.1) is 10.2 Å². The molecule has 0 aliphatic heterocycles. The van der Waals surface area contributed by atoms with Gasteiger partial charge in [0, 0.05) is 29.5 Å². The number of nitrogens with two attached hydrogens (primary N) is 2. The quantitative estimate of drug-likeness (QED) is 0.545. The van der Waals surface area contributed by atoms with Crippen LogP contribution in [0, 0.1) is 0 Å². The number of nitrogens with one attached hydrogen (secondary N) is 2. The number of rotatable bonds is 3. The summed E-state index contributed by atoms with van der Waals surface area (Å²) in [6, 6.07) is 10.0. The number of thiazole rings is 1. The first-order valence-corrected chi connectivity index (χ1v) is 7.88. The van der Waals surface area contributed by atoms with Gasteiger partial charge in [-0.1, -0.05) is 11.3 Å². The van der Waals surface area contributed by atoms with Crippen molar-refractivity contribution in [1.29, 1.82) is 0 Å². The molecule has 2 aromatic carbocycles. The Morgan fingerprint density at radius 1 is 1.04 bits per heavy atom. The van der Waals surface area contributed by atoms with Crippen molar-refractivity contribution < 1.29 is 9.59 Å². The largest absolute Gasteiger partial charge is 0.399 e. The van der Waals surface area contributed by atoms with Crippen LogP contribution in [-0.4, -0.2) is 16.8 Å². The van der Waals surface area contributed by atoms with Crippen LogP contribution < -0.4 is 22.1 Å². The maximum atomic E-state index is 12.3. The lowest BCUT2D eigenvalue weighted by Crippen LogP contribution is -2.12. The number of carbonyl (C=O) groups excluding carboxylic acids is 2. The molecule has 1 heterocycles. The van der Waals surface area contributed by atoms with Crippen LogP contribution in [0.25, 0.3) is 10.2 Å². The summed E-state index contributed by atoms with van der Waals surface area (Å²) in [5.74, 6) is -0.484. The van der Waals surface area contributed by atoms with Crippen molar-refractivity contribution in [3.8, 4) is 0 Å². The van der Waals surface area contributed by atoms with Gasteiger partial charge in [-0.15, -0.1) is 0 Å². The normalized spacial score (nSPS) is 10.5. The zero-order chi connectivity index (χ0) is 17.3. The lowest BCUT2D eigenvalue weighted by molar-refractivity contribution is -0.114. The van der Waals surface area contributed by atoms with Crippen LogP contribution in [-0.2, 0) is 4.79 Å². The Balaban J connectivity index is 1.84. The fraction of sp³-hybridized carbons (Fsp3) is 0.0625. The van der Waals surface area contributed by atoms with Crippen molar-refractivity contribution >= 4 is 55.6 Å². The summed E-state index contributed by atoms with van der Waals surface area (Å²) in [5.41, 5.74) is 14.0. The first kappa shape index (κ1) is 15.8. The second-order valence-corrected chi connectivity index (χ2v) is 6.26. The minimum absolute atomic E-state index is 0.147. The molecule has 8 heteroatoms. The average Bonchev–Trinajstić information content (AvgIpc) is 2.87.